The molecule has 0 bridgehead atoms. The summed E-state index contributed by atoms with van der Waals surface area (Å²) in [6, 6.07) is 14.7. The number of anilines is 1. The normalized spacial score (nSPS) is 14.6. The predicted octanol–water partition coefficient (Wildman–Crippen LogP) is 3.71. The molecule has 4 heteroatoms. The third-order valence-corrected chi connectivity index (χ3v) is 3.90. The van der Waals surface area contributed by atoms with Gasteiger partial charge in [0.05, 0.1) is 11.3 Å². The fraction of sp³-hybridized carbons (Fsp3) is 0.0588. The first-order chi connectivity index (χ1) is 10.1. The van der Waals surface area contributed by atoms with E-state index in [0.717, 1.165) is 15.6 Å². The highest BCUT2D eigenvalue weighted by Gasteiger charge is 2.32. The number of nitrogens with zero attached hydrogens (tertiary/aromatic N) is 1. The molecule has 0 saturated carbocycles. The van der Waals surface area contributed by atoms with Gasteiger partial charge in [-0.3, -0.25) is 9.59 Å². The Morgan fingerprint density at radius 3 is 2.14 bits per heavy atom. The van der Waals surface area contributed by atoms with Crippen LogP contribution in [0.25, 0.3) is 5.57 Å². The summed E-state index contributed by atoms with van der Waals surface area (Å²) in [6.07, 6.45) is 1.39. The molecule has 2 aromatic rings. The summed E-state index contributed by atoms with van der Waals surface area (Å²) < 4.78 is 0.930. The van der Waals surface area contributed by atoms with Crippen molar-refractivity contribution in [1.29, 1.82) is 0 Å². The summed E-state index contributed by atoms with van der Waals surface area (Å²) in [6.45, 7) is 1.96. The van der Waals surface area contributed by atoms with E-state index in [-0.39, 0.29) is 11.8 Å². The Hall–Kier alpha value is -2.20. The zero-order valence-electron chi connectivity index (χ0n) is 11.3. The van der Waals surface area contributed by atoms with Crippen LogP contribution in [-0.4, -0.2) is 11.8 Å². The molecule has 0 saturated heterocycles. The number of carbonyl (C=O) groups excluding carboxylic acids is 2. The number of rotatable bonds is 2. The van der Waals surface area contributed by atoms with Crippen LogP contribution >= 0.6 is 15.9 Å². The highest BCUT2D eigenvalue weighted by atomic mass is 79.9. The Kier molecular flexibility index (Phi) is 3.47. The van der Waals surface area contributed by atoms with Gasteiger partial charge in [0.15, 0.2) is 0 Å². The molecule has 1 heterocycles. The average molecular weight is 342 g/mol. The Morgan fingerprint density at radius 1 is 0.905 bits per heavy atom. The van der Waals surface area contributed by atoms with E-state index in [4.69, 9.17) is 0 Å². The van der Waals surface area contributed by atoms with E-state index in [1.54, 1.807) is 12.1 Å². The van der Waals surface area contributed by atoms with Gasteiger partial charge in [-0.1, -0.05) is 45.8 Å². The van der Waals surface area contributed by atoms with Gasteiger partial charge >= 0.3 is 0 Å². The molecule has 0 atom stereocenters. The largest absolute Gasteiger partial charge is 0.269 e. The minimum atomic E-state index is -0.304. The third-order valence-electron chi connectivity index (χ3n) is 3.37. The Labute approximate surface area is 131 Å². The van der Waals surface area contributed by atoms with Crippen molar-refractivity contribution in [1.82, 2.24) is 0 Å². The van der Waals surface area contributed by atoms with Gasteiger partial charge in [0.1, 0.15) is 0 Å². The molecule has 1 aliphatic rings. The van der Waals surface area contributed by atoms with Gasteiger partial charge < -0.3 is 0 Å². The van der Waals surface area contributed by atoms with Gasteiger partial charge in [-0.25, -0.2) is 4.90 Å². The summed E-state index contributed by atoms with van der Waals surface area (Å²) >= 11 is 3.35. The number of halogens is 1. The molecular weight excluding hydrogens is 330 g/mol. The maximum absolute atomic E-state index is 12.5. The highest BCUT2D eigenvalue weighted by molar-refractivity contribution is 9.10. The molecule has 0 N–H and O–H groups in total. The number of benzene rings is 2. The fourth-order valence-corrected chi connectivity index (χ4v) is 2.51. The summed E-state index contributed by atoms with van der Waals surface area (Å²) in [7, 11) is 0. The summed E-state index contributed by atoms with van der Waals surface area (Å²) in [5.74, 6) is -0.590. The van der Waals surface area contributed by atoms with Crippen molar-refractivity contribution in [3.05, 3.63) is 70.2 Å². The molecule has 0 spiro atoms. The van der Waals surface area contributed by atoms with Crippen LogP contribution in [0.2, 0.25) is 0 Å². The monoisotopic (exact) mass is 341 g/mol. The van der Waals surface area contributed by atoms with Crippen molar-refractivity contribution >= 4 is 39.0 Å². The molecule has 3 nitrogen and oxygen atoms in total. The van der Waals surface area contributed by atoms with E-state index in [0.29, 0.717) is 11.3 Å². The van der Waals surface area contributed by atoms with Gasteiger partial charge in [0.2, 0.25) is 0 Å². The lowest BCUT2D eigenvalue weighted by atomic mass is 10.1. The van der Waals surface area contributed by atoms with Gasteiger partial charge in [-0.05, 0) is 36.8 Å². The zero-order valence-corrected chi connectivity index (χ0v) is 12.9. The van der Waals surface area contributed by atoms with E-state index in [1.807, 2.05) is 43.3 Å². The van der Waals surface area contributed by atoms with Crippen LogP contribution in [0, 0.1) is 6.92 Å². The lowest BCUT2D eigenvalue weighted by Gasteiger charge is -2.15. The number of amides is 2. The number of hydrogen-bond acceptors (Lipinski definition) is 2. The molecule has 104 valence electrons. The average Bonchev–Trinajstić information content (AvgIpc) is 2.76. The Bertz CT molecular complexity index is 745. The van der Waals surface area contributed by atoms with Crippen LogP contribution in [0.4, 0.5) is 5.69 Å². The van der Waals surface area contributed by atoms with E-state index in [9.17, 15) is 9.59 Å². The molecule has 0 unspecified atom stereocenters. The maximum Gasteiger partial charge on any atom is 0.266 e. The van der Waals surface area contributed by atoms with Gasteiger partial charge in [-0.2, -0.15) is 0 Å². The molecule has 0 fully saturated rings. The minimum absolute atomic E-state index is 0.286. The quantitative estimate of drug-likeness (QED) is 0.780. The van der Waals surface area contributed by atoms with Gasteiger partial charge in [-0.15, -0.1) is 0 Å². The summed E-state index contributed by atoms with van der Waals surface area (Å²) in [5.41, 5.74) is 2.84. The molecule has 2 amide bonds. The second kappa shape index (κ2) is 5.30. The van der Waals surface area contributed by atoms with Gasteiger partial charge in [0.25, 0.3) is 11.8 Å². The number of hydrogen-bond donors (Lipinski definition) is 0. The molecule has 0 aliphatic carbocycles. The van der Waals surface area contributed by atoms with Crippen LogP contribution < -0.4 is 4.90 Å². The number of imide groups is 1. The molecule has 21 heavy (non-hydrogen) atoms. The molecule has 1 aliphatic heterocycles. The van der Waals surface area contributed by atoms with Crippen LogP contribution in [-0.2, 0) is 9.59 Å². The zero-order chi connectivity index (χ0) is 15.0. The number of aryl methyl sites for hydroxylation is 1. The maximum atomic E-state index is 12.5. The molecule has 3 rings (SSSR count). The lowest BCUT2D eigenvalue weighted by molar-refractivity contribution is -0.119. The molecule has 0 aromatic heterocycles. The van der Waals surface area contributed by atoms with E-state index in [1.165, 1.54) is 11.0 Å². The SMILES string of the molecule is Cc1ccc(N2C(=O)C=C(c3ccc(Br)cc3)C2=O)cc1. The highest BCUT2D eigenvalue weighted by Crippen LogP contribution is 2.29. The van der Waals surface area contributed by atoms with E-state index in [2.05, 4.69) is 15.9 Å². The first-order valence-electron chi connectivity index (χ1n) is 6.49. The van der Waals surface area contributed by atoms with Crippen molar-refractivity contribution < 1.29 is 9.59 Å². The minimum Gasteiger partial charge on any atom is -0.269 e. The fourth-order valence-electron chi connectivity index (χ4n) is 2.24. The van der Waals surface area contributed by atoms with Crippen LogP contribution in [0.3, 0.4) is 0 Å². The van der Waals surface area contributed by atoms with Crippen molar-refractivity contribution in [2.75, 3.05) is 4.90 Å². The Morgan fingerprint density at radius 2 is 1.52 bits per heavy atom. The summed E-state index contributed by atoms with van der Waals surface area (Å²) in [4.78, 5) is 25.9. The first kappa shape index (κ1) is 13.8. The smallest absolute Gasteiger partial charge is 0.266 e. The van der Waals surface area contributed by atoms with Crippen LogP contribution in [0.15, 0.2) is 59.1 Å². The lowest BCUT2D eigenvalue weighted by Crippen LogP contribution is -2.30. The van der Waals surface area contributed by atoms with Crippen LogP contribution in [0.1, 0.15) is 11.1 Å². The van der Waals surface area contributed by atoms with Crippen molar-refractivity contribution in [3.63, 3.8) is 0 Å². The first-order valence-corrected chi connectivity index (χ1v) is 7.28. The predicted molar refractivity (Wildman–Crippen MR) is 85.8 cm³/mol. The molecule has 2 aromatic carbocycles. The molecular formula is C17H12BrNO2. The standard InChI is InChI=1S/C17H12BrNO2/c1-11-2-8-14(9-3-11)19-16(20)10-15(17(19)21)12-4-6-13(18)7-5-12/h2-10H,1H3. The van der Waals surface area contributed by atoms with Crippen molar-refractivity contribution in [3.8, 4) is 0 Å². The van der Waals surface area contributed by atoms with Crippen molar-refractivity contribution in [2.24, 2.45) is 0 Å². The number of carbonyl (C=O) groups is 2. The second-order valence-electron chi connectivity index (χ2n) is 4.88. The van der Waals surface area contributed by atoms with E-state index < -0.39 is 0 Å². The Balaban J connectivity index is 1.95. The second-order valence-corrected chi connectivity index (χ2v) is 5.79. The topological polar surface area (TPSA) is 37.4 Å². The van der Waals surface area contributed by atoms with E-state index >= 15 is 0 Å². The van der Waals surface area contributed by atoms with Gasteiger partial charge in [0, 0.05) is 10.5 Å². The molecule has 0 radical (unpaired) electrons. The van der Waals surface area contributed by atoms with Crippen molar-refractivity contribution in [2.45, 2.75) is 6.92 Å². The third kappa shape index (κ3) is 2.54. The van der Waals surface area contributed by atoms with Crippen LogP contribution in [0.5, 0.6) is 0 Å². The summed E-state index contributed by atoms with van der Waals surface area (Å²) in [5, 5.41) is 0.